The predicted molar refractivity (Wildman–Crippen MR) is 137 cm³/mol. The quantitative estimate of drug-likeness (QED) is 0.430. The van der Waals surface area contributed by atoms with E-state index >= 15 is 0 Å². The normalized spacial score (nSPS) is 14.2. The van der Waals surface area contributed by atoms with Gasteiger partial charge in [0.15, 0.2) is 0 Å². The van der Waals surface area contributed by atoms with Gasteiger partial charge >= 0.3 is 12.1 Å². The van der Waals surface area contributed by atoms with Gasteiger partial charge in [0.1, 0.15) is 5.82 Å². The van der Waals surface area contributed by atoms with Gasteiger partial charge in [-0.15, -0.1) is 0 Å². The number of anilines is 3. The third-order valence-corrected chi connectivity index (χ3v) is 5.97. The Labute approximate surface area is 211 Å². The van der Waals surface area contributed by atoms with Crippen molar-refractivity contribution in [2.75, 3.05) is 42.9 Å². The summed E-state index contributed by atoms with van der Waals surface area (Å²) in [4.78, 5) is 23.3. The first-order valence-corrected chi connectivity index (χ1v) is 12.5. The maximum Gasteiger partial charge on any atom is 0.490 e. The smallest absolute Gasteiger partial charge is 0.475 e. The number of alkyl halides is 3. The molecule has 3 rings (SSSR count). The van der Waals surface area contributed by atoms with Crippen LogP contribution in [0.3, 0.4) is 0 Å². The minimum atomic E-state index is -5.08. The Bertz CT molecular complexity index is 946. The van der Waals surface area contributed by atoms with Gasteiger partial charge in [-0.25, -0.2) is 9.78 Å². The van der Waals surface area contributed by atoms with Gasteiger partial charge in [0.25, 0.3) is 0 Å². The lowest BCUT2D eigenvalue weighted by Gasteiger charge is -2.28. The molecule has 0 unspecified atom stereocenters. The summed E-state index contributed by atoms with van der Waals surface area (Å²) >= 11 is 0. The summed E-state index contributed by atoms with van der Waals surface area (Å²) in [6, 6.07) is 10.6. The van der Waals surface area contributed by atoms with Gasteiger partial charge in [-0.2, -0.15) is 18.2 Å². The molecule has 2 heterocycles. The average molecular weight is 510 g/mol. The van der Waals surface area contributed by atoms with E-state index in [4.69, 9.17) is 14.9 Å². The van der Waals surface area contributed by atoms with Crippen LogP contribution in [0.2, 0.25) is 0 Å². The Morgan fingerprint density at radius 1 is 1.14 bits per heavy atom. The van der Waals surface area contributed by atoms with Crippen molar-refractivity contribution in [1.29, 1.82) is 0 Å². The number of aromatic nitrogens is 2. The van der Waals surface area contributed by atoms with Crippen LogP contribution in [0.4, 0.5) is 30.6 Å². The Morgan fingerprint density at radius 3 is 2.28 bits per heavy atom. The van der Waals surface area contributed by atoms with E-state index in [1.54, 1.807) is 0 Å². The van der Waals surface area contributed by atoms with Gasteiger partial charge in [0.05, 0.1) is 0 Å². The van der Waals surface area contributed by atoms with Crippen LogP contribution < -0.4 is 10.2 Å². The van der Waals surface area contributed by atoms with E-state index < -0.39 is 12.1 Å². The van der Waals surface area contributed by atoms with Crippen molar-refractivity contribution >= 4 is 23.4 Å². The largest absolute Gasteiger partial charge is 0.490 e. The average Bonchev–Trinajstić information content (AvgIpc) is 2.82. The molecule has 10 heteroatoms. The number of nitrogens with one attached hydrogen (secondary N) is 1. The molecule has 1 saturated heterocycles. The van der Waals surface area contributed by atoms with Crippen LogP contribution in [0.15, 0.2) is 30.3 Å². The first-order valence-electron chi connectivity index (χ1n) is 12.5. The molecule has 1 aromatic carbocycles. The van der Waals surface area contributed by atoms with E-state index in [0.29, 0.717) is 11.9 Å². The lowest BCUT2D eigenvalue weighted by Crippen LogP contribution is -2.33. The monoisotopic (exact) mass is 509 g/mol. The van der Waals surface area contributed by atoms with E-state index in [0.717, 1.165) is 30.3 Å². The molecule has 0 spiro atoms. The molecule has 7 nitrogen and oxygen atoms in total. The summed E-state index contributed by atoms with van der Waals surface area (Å²) in [6.07, 6.45) is 0.204. The predicted octanol–water partition coefficient (Wildman–Crippen LogP) is 5.99. The number of likely N-dealkylation sites (tertiary alicyclic amines) is 1. The number of rotatable bonds is 9. The number of carbonyl (C=O) groups is 1. The number of hydrogen-bond acceptors (Lipinski definition) is 6. The SMILES string of the molecule is CCN(CCCN1CCCCC1)c1cc(C)nc(Nc2ccc(C(C)C)cc2)n1.O=C(O)C(F)(F)F. The van der Waals surface area contributed by atoms with Crippen LogP contribution in [-0.2, 0) is 4.79 Å². The van der Waals surface area contributed by atoms with E-state index in [-0.39, 0.29) is 0 Å². The van der Waals surface area contributed by atoms with Crippen LogP contribution in [0, 0.1) is 6.92 Å². The molecule has 0 atom stereocenters. The molecular formula is C26H38F3N5O2. The Kier molecular flexibility index (Phi) is 11.4. The number of halogens is 3. The van der Waals surface area contributed by atoms with Crippen LogP contribution in [0.5, 0.6) is 0 Å². The van der Waals surface area contributed by atoms with Gasteiger partial charge < -0.3 is 20.2 Å². The molecule has 2 N–H and O–H groups in total. The number of benzene rings is 1. The van der Waals surface area contributed by atoms with E-state index in [2.05, 4.69) is 71.2 Å². The van der Waals surface area contributed by atoms with Crippen LogP contribution in [0.25, 0.3) is 0 Å². The van der Waals surface area contributed by atoms with Gasteiger partial charge in [-0.3, -0.25) is 0 Å². The first kappa shape index (κ1) is 29.4. The van der Waals surface area contributed by atoms with Crippen LogP contribution >= 0.6 is 0 Å². The highest BCUT2D eigenvalue weighted by atomic mass is 19.4. The Morgan fingerprint density at radius 2 is 1.75 bits per heavy atom. The molecule has 36 heavy (non-hydrogen) atoms. The van der Waals surface area contributed by atoms with Crippen molar-refractivity contribution in [2.24, 2.45) is 0 Å². The summed E-state index contributed by atoms with van der Waals surface area (Å²) in [5.74, 6) is -0.534. The summed E-state index contributed by atoms with van der Waals surface area (Å²) in [7, 11) is 0. The fourth-order valence-corrected chi connectivity index (χ4v) is 3.95. The van der Waals surface area contributed by atoms with Gasteiger partial charge in [0.2, 0.25) is 5.95 Å². The number of nitrogens with zero attached hydrogens (tertiary/aromatic N) is 4. The lowest BCUT2D eigenvalue weighted by atomic mass is 10.0. The molecule has 0 radical (unpaired) electrons. The maximum atomic E-state index is 10.6. The summed E-state index contributed by atoms with van der Waals surface area (Å²) < 4.78 is 31.7. The molecule has 0 aliphatic carbocycles. The fourth-order valence-electron chi connectivity index (χ4n) is 3.95. The topological polar surface area (TPSA) is 81.6 Å². The number of carboxylic acids is 1. The number of piperidine rings is 1. The van der Waals surface area contributed by atoms with Gasteiger partial charge in [-0.1, -0.05) is 32.4 Å². The Balaban J connectivity index is 0.000000572. The molecule has 200 valence electrons. The second kappa shape index (κ2) is 14.0. The molecule has 0 bridgehead atoms. The van der Waals surface area contributed by atoms with Crippen LogP contribution in [0.1, 0.15) is 63.6 Å². The molecule has 1 aliphatic rings. The second-order valence-electron chi connectivity index (χ2n) is 9.23. The standard InChI is InChI=1S/C24H37N5.C2HF3O2/c1-5-29(17-9-16-28-14-7-6-8-15-28)23-18-20(4)25-24(27-23)26-22-12-10-21(11-13-22)19(2)3;3-2(4,5)1(6)7/h10-13,18-19H,5-9,14-17H2,1-4H3,(H,25,26,27);(H,6,7). The van der Waals surface area contributed by atoms with E-state index in [1.165, 1.54) is 50.9 Å². The lowest BCUT2D eigenvalue weighted by molar-refractivity contribution is -0.192. The van der Waals surface area contributed by atoms with Crippen molar-refractivity contribution in [1.82, 2.24) is 14.9 Å². The van der Waals surface area contributed by atoms with Crippen molar-refractivity contribution in [2.45, 2.75) is 65.5 Å². The Hall–Kier alpha value is -2.88. The summed E-state index contributed by atoms with van der Waals surface area (Å²) in [5.41, 5.74) is 3.36. The number of carboxylic acid groups (broad SMARTS) is 1. The molecule has 1 aliphatic heterocycles. The van der Waals surface area contributed by atoms with E-state index in [9.17, 15) is 13.2 Å². The summed E-state index contributed by atoms with van der Waals surface area (Å²) in [5, 5.41) is 10.5. The van der Waals surface area contributed by atoms with Gasteiger partial charge in [0, 0.05) is 30.5 Å². The van der Waals surface area contributed by atoms with E-state index in [1.807, 2.05) is 6.92 Å². The zero-order valence-electron chi connectivity index (χ0n) is 21.6. The third kappa shape index (κ3) is 10.0. The van der Waals surface area contributed by atoms with Crippen molar-refractivity contribution in [3.05, 3.63) is 41.6 Å². The fraction of sp³-hybridized carbons (Fsp3) is 0.577. The highest BCUT2D eigenvalue weighted by molar-refractivity contribution is 5.73. The van der Waals surface area contributed by atoms with Crippen molar-refractivity contribution in [3.8, 4) is 0 Å². The zero-order valence-corrected chi connectivity index (χ0v) is 21.6. The molecule has 0 saturated carbocycles. The number of hydrogen-bond donors (Lipinski definition) is 2. The zero-order chi connectivity index (χ0) is 26.7. The highest BCUT2D eigenvalue weighted by Crippen LogP contribution is 2.21. The third-order valence-electron chi connectivity index (χ3n) is 5.97. The van der Waals surface area contributed by atoms with Crippen LogP contribution in [-0.4, -0.2) is 64.8 Å². The first-order chi connectivity index (χ1) is 17.0. The molecular weight excluding hydrogens is 471 g/mol. The highest BCUT2D eigenvalue weighted by Gasteiger charge is 2.38. The maximum absolute atomic E-state index is 10.6. The second-order valence-corrected chi connectivity index (χ2v) is 9.23. The van der Waals surface area contributed by atoms with Crippen molar-refractivity contribution < 1.29 is 23.1 Å². The van der Waals surface area contributed by atoms with Gasteiger partial charge in [-0.05, 0) is 76.4 Å². The number of aliphatic carboxylic acids is 1. The molecule has 2 aromatic rings. The molecule has 1 aromatic heterocycles. The van der Waals surface area contributed by atoms with Crippen molar-refractivity contribution in [3.63, 3.8) is 0 Å². The molecule has 1 fully saturated rings. The summed E-state index contributed by atoms with van der Waals surface area (Å²) in [6.45, 7) is 14.4. The minimum Gasteiger partial charge on any atom is -0.475 e. The number of aryl methyl sites for hydroxylation is 1. The minimum absolute atomic E-state index is 0.536. The molecule has 0 amide bonds.